The van der Waals surface area contributed by atoms with Gasteiger partial charge >= 0.3 is 0 Å². The third-order valence-corrected chi connectivity index (χ3v) is 13.1. The number of likely N-dealkylation sites (N-methyl/N-ethyl adjacent to an activating group) is 1. The molecule has 7 rings (SSSR count). The van der Waals surface area contributed by atoms with Crippen LogP contribution in [0.15, 0.2) is 163 Å². The van der Waals surface area contributed by atoms with E-state index < -0.39 is 28.3 Å². The number of carbonyl (C=O) groups is 1. The minimum absolute atomic E-state index is 0.0247. The van der Waals surface area contributed by atoms with Gasteiger partial charge < -0.3 is 19.9 Å². The summed E-state index contributed by atoms with van der Waals surface area (Å²) in [5, 5.41) is 12.7. The van der Waals surface area contributed by atoms with Crippen LogP contribution in [0.5, 0.6) is 0 Å². The van der Waals surface area contributed by atoms with Crippen LogP contribution in [0.1, 0.15) is 71.2 Å². The van der Waals surface area contributed by atoms with Crippen LogP contribution >= 0.6 is 0 Å². The fraction of sp³-hybridized carbons (Fsp3) is 0.275. The molecule has 0 saturated carbocycles. The number of hydrogen-bond donors (Lipinski definition) is 3. The van der Waals surface area contributed by atoms with Crippen molar-refractivity contribution in [2.45, 2.75) is 75.8 Å². The Kier molecular flexibility index (Phi) is 14.3. The molecule has 1 amide bonds. The Bertz CT molecular complexity index is 2470. The summed E-state index contributed by atoms with van der Waals surface area (Å²) in [5.41, 5.74) is 8.53. The van der Waals surface area contributed by atoms with Crippen molar-refractivity contribution >= 4 is 15.9 Å². The number of hydrogen-bond acceptors (Lipinski definition) is 7. The van der Waals surface area contributed by atoms with E-state index in [2.05, 4.69) is 66.2 Å². The number of benzene rings is 6. The molecule has 1 aliphatic rings. The topological polar surface area (TPSA) is 117 Å². The molecule has 61 heavy (non-hydrogen) atoms. The van der Waals surface area contributed by atoms with Crippen LogP contribution in [0.4, 0.5) is 0 Å². The van der Waals surface area contributed by atoms with Crippen molar-refractivity contribution in [3.05, 3.63) is 197 Å². The summed E-state index contributed by atoms with van der Waals surface area (Å²) in [7, 11) is -1.84. The van der Waals surface area contributed by atoms with Gasteiger partial charge in [-0.1, -0.05) is 146 Å². The highest BCUT2D eigenvalue weighted by molar-refractivity contribution is 7.89. The number of aliphatic hydroxyl groups is 1. The van der Waals surface area contributed by atoms with Crippen LogP contribution in [0.3, 0.4) is 0 Å². The zero-order chi connectivity index (χ0) is 42.9. The Hall–Kier alpha value is -5.46. The third-order valence-electron chi connectivity index (χ3n) is 11.6. The van der Waals surface area contributed by atoms with E-state index in [1.54, 1.807) is 24.3 Å². The second-order valence-electron chi connectivity index (χ2n) is 16.1. The van der Waals surface area contributed by atoms with Crippen molar-refractivity contribution < 1.29 is 27.8 Å². The molecule has 6 aromatic carbocycles. The Balaban J connectivity index is 1.09. The lowest BCUT2D eigenvalue weighted by Crippen LogP contribution is -2.47. The summed E-state index contributed by atoms with van der Waals surface area (Å²) in [6, 6.07) is 49.6. The van der Waals surface area contributed by atoms with Crippen LogP contribution < -0.4 is 10.0 Å². The second kappa shape index (κ2) is 19.9. The summed E-state index contributed by atoms with van der Waals surface area (Å²) in [5.74, 6) is -0.395. The van der Waals surface area contributed by atoms with E-state index in [4.69, 9.17) is 9.47 Å². The molecular formula is C51H55N3O6S. The van der Waals surface area contributed by atoms with Gasteiger partial charge in [0.15, 0.2) is 6.29 Å². The molecule has 1 heterocycles. The van der Waals surface area contributed by atoms with Gasteiger partial charge in [0.05, 0.1) is 23.7 Å². The van der Waals surface area contributed by atoms with E-state index in [1.165, 1.54) is 5.56 Å². The maximum atomic E-state index is 13.8. The number of nitrogens with one attached hydrogen (secondary N) is 2. The number of sulfonamides is 1. The van der Waals surface area contributed by atoms with E-state index in [1.807, 2.05) is 110 Å². The van der Waals surface area contributed by atoms with Crippen molar-refractivity contribution in [3.8, 4) is 11.1 Å². The standard InChI is InChI=1S/C51H55N3O6S/c1-35-21-27-46(28-22-35)61(57,58)53-47(30-38-13-7-5-8-14-38)50(56)52-32-40-15-11-18-43(29-40)44-19-12-20-45(31-44)51-59-48(33-54(4)37(3)41-16-9-6-10-17-41)36(2)49(60-51)42-25-23-39(34-55)24-26-42/h5-29,31,36-37,47-49,51,53,55H,30,32-34H2,1-4H3,(H,52,56)/t36-,37+,47-,48+,49+,51+/m1/s1. The van der Waals surface area contributed by atoms with Crippen molar-refractivity contribution in [2.24, 2.45) is 5.92 Å². The number of carbonyl (C=O) groups excluding carboxylic acids is 1. The number of rotatable bonds is 16. The molecule has 9 nitrogen and oxygen atoms in total. The highest BCUT2D eigenvalue weighted by Crippen LogP contribution is 2.43. The average Bonchev–Trinajstić information content (AvgIpc) is 3.29. The van der Waals surface area contributed by atoms with Gasteiger partial charge in [0.25, 0.3) is 0 Å². The van der Waals surface area contributed by atoms with Crippen LogP contribution in [0.2, 0.25) is 0 Å². The van der Waals surface area contributed by atoms with Crippen molar-refractivity contribution in [2.75, 3.05) is 13.6 Å². The summed E-state index contributed by atoms with van der Waals surface area (Å²) < 4.78 is 43.2. The van der Waals surface area contributed by atoms with Crippen molar-refractivity contribution in [3.63, 3.8) is 0 Å². The summed E-state index contributed by atoms with van der Waals surface area (Å²) >= 11 is 0. The molecule has 0 aliphatic carbocycles. The second-order valence-corrected chi connectivity index (χ2v) is 17.8. The molecule has 0 spiro atoms. The lowest BCUT2D eigenvalue weighted by molar-refractivity contribution is -0.276. The van der Waals surface area contributed by atoms with Gasteiger partial charge in [-0.15, -0.1) is 0 Å². The zero-order valence-electron chi connectivity index (χ0n) is 35.1. The Morgan fingerprint density at radius 1 is 0.738 bits per heavy atom. The fourth-order valence-electron chi connectivity index (χ4n) is 7.80. The molecule has 1 saturated heterocycles. The Labute approximate surface area is 360 Å². The van der Waals surface area contributed by atoms with Crippen molar-refractivity contribution in [1.29, 1.82) is 0 Å². The van der Waals surface area contributed by atoms with Crippen LogP contribution in [0, 0.1) is 12.8 Å². The first-order chi connectivity index (χ1) is 29.5. The first kappa shape index (κ1) is 43.6. The van der Waals surface area contributed by atoms with Crippen LogP contribution in [-0.4, -0.2) is 50.1 Å². The van der Waals surface area contributed by atoms with Gasteiger partial charge in [0.1, 0.15) is 6.04 Å². The number of aliphatic hydroxyl groups excluding tert-OH is 1. The first-order valence-corrected chi connectivity index (χ1v) is 22.3. The summed E-state index contributed by atoms with van der Waals surface area (Å²) in [4.78, 5) is 16.2. The maximum absolute atomic E-state index is 13.8. The quantitative estimate of drug-likeness (QED) is 0.0893. The molecule has 10 heteroatoms. The highest BCUT2D eigenvalue weighted by Gasteiger charge is 2.39. The molecule has 0 bridgehead atoms. The molecular weight excluding hydrogens is 783 g/mol. The molecule has 0 radical (unpaired) electrons. The lowest BCUT2D eigenvalue weighted by Gasteiger charge is -2.43. The number of aryl methyl sites for hydroxylation is 1. The Morgan fingerprint density at radius 3 is 2.07 bits per heavy atom. The predicted octanol–water partition coefficient (Wildman–Crippen LogP) is 8.84. The molecule has 6 atom stereocenters. The van der Waals surface area contributed by atoms with E-state index in [-0.39, 0.29) is 48.6 Å². The van der Waals surface area contributed by atoms with Gasteiger partial charge in [-0.25, -0.2) is 8.42 Å². The lowest BCUT2D eigenvalue weighted by atomic mass is 9.89. The smallest absolute Gasteiger partial charge is 0.241 e. The van der Waals surface area contributed by atoms with E-state index >= 15 is 0 Å². The summed E-state index contributed by atoms with van der Waals surface area (Å²) in [6.45, 7) is 7.14. The van der Waals surface area contributed by atoms with Crippen LogP contribution in [0.25, 0.3) is 11.1 Å². The van der Waals surface area contributed by atoms with Gasteiger partial charge in [0.2, 0.25) is 15.9 Å². The predicted molar refractivity (Wildman–Crippen MR) is 240 cm³/mol. The van der Waals surface area contributed by atoms with Crippen LogP contribution in [-0.2, 0) is 43.9 Å². The highest BCUT2D eigenvalue weighted by atomic mass is 32.2. The summed E-state index contributed by atoms with van der Waals surface area (Å²) in [6.07, 6.45) is -0.858. The number of amides is 1. The largest absolute Gasteiger partial charge is 0.392 e. The van der Waals surface area contributed by atoms with Gasteiger partial charge in [-0.3, -0.25) is 9.69 Å². The van der Waals surface area contributed by atoms with E-state index in [0.29, 0.717) is 6.54 Å². The number of nitrogens with zero attached hydrogens (tertiary/aromatic N) is 1. The maximum Gasteiger partial charge on any atom is 0.241 e. The first-order valence-electron chi connectivity index (χ1n) is 20.8. The normalized spacial score (nSPS) is 19.0. The Morgan fingerprint density at radius 2 is 1.38 bits per heavy atom. The molecule has 0 unspecified atom stereocenters. The van der Waals surface area contributed by atoms with E-state index in [0.717, 1.165) is 44.5 Å². The third kappa shape index (κ3) is 11.1. The monoisotopic (exact) mass is 837 g/mol. The molecule has 6 aromatic rings. The number of ether oxygens (including phenoxy) is 2. The molecule has 0 aromatic heterocycles. The molecule has 3 N–H and O–H groups in total. The SMILES string of the molecule is Cc1ccc(S(=O)(=O)N[C@H](Cc2ccccc2)C(=O)NCc2cccc(-c3cccc([C@H]4O[C@@H](CN(C)[C@@H](C)c5ccccc5)[C@@H](C)[C@@H](c5ccc(CO)cc5)O4)c3)c2)cc1. The molecule has 1 aliphatic heterocycles. The van der Waals surface area contributed by atoms with Gasteiger partial charge in [-0.05, 0) is 90.5 Å². The van der Waals surface area contributed by atoms with Gasteiger partial charge in [0, 0.05) is 30.6 Å². The molecule has 316 valence electrons. The fourth-order valence-corrected chi connectivity index (χ4v) is 9.00. The minimum atomic E-state index is -3.97. The van der Waals surface area contributed by atoms with E-state index in [9.17, 15) is 18.3 Å². The minimum Gasteiger partial charge on any atom is -0.392 e. The molecule has 1 fully saturated rings. The zero-order valence-corrected chi connectivity index (χ0v) is 36.0. The average molecular weight is 838 g/mol. The van der Waals surface area contributed by atoms with Crippen molar-refractivity contribution in [1.82, 2.24) is 14.9 Å². The van der Waals surface area contributed by atoms with Gasteiger partial charge in [-0.2, -0.15) is 4.72 Å².